The van der Waals surface area contributed by atoms with Gasteiger partial charge in [-0.1, -0.05) is 35.9 Å². The number of alkyl halides is 3. The van der Waals surface area contributed by atoms with E-state index in [0.29, 0.717) is 11.1 Å². The topological polar surface area (TPSA) is 48.4 Å². The number of aromatic nitrogens is 1. The Balaban J connectivity index is 1.58. The lowest BCUT2D eigenvalue weighted by Gasteiger charge is -2.11. The molecule has 3 rings (SSSR count). The van der Waals surface area contributed by atoms with E-state index in [1.807, 2.05) is 18.2 Å². The molecule has 0 bridgehead atoms. The minimum atomic E-state index is -4.49. The maximum Gasteiger partial charge on any atom is 0.416 e. The average molecular weight is 396 g/mol. The van der Waals surface area contributed by atoms with E-state index in [1.165, 1.54) is 12.1 Å². The number of esters is 1. The van der Waals surface area contributed by atoms with Crippen LogP contribution in [0.2, 0.25) is 5.15 Å². The molecule has 4 nitrogen and oxygen atoms in total. The van der Waals surface area contributed by atoms with E-state index in [1.54, 1.807) is 12.1 Å². The van der Waals surface area contributed by atoms with E-state index in [9.17, 15) is 18.0 Å². The SMILES string of the molecule is O=C(COc1cccc(C(F)(F)F)c1)OCc1cc2ccccc2nc1Cl. The molecule has 0 spiro atoms. The molecule has 27 heavy (non-hydrogen) atoms. The maximum absolute atomic E-state index is 12.7. The number of carbonyl (C=O) groups is 1. The summed E-state index contributed by atoms with van der Waals surface area (Å²) in [7, 11) is 0. The quantitative estimate of drug-likeness (QED) is 0.449. The molecular formula is C19H13ClF3NO3. The van der Waals surface area contributed by atoms with Gasteiger partial charge < -0.3 is 9.47 Å². The Labute approximate surface area is 157 Å². The van der Waals surface area contributed by atoms with E-state index >= 15 is 0 Å². The molecule has 0 N–H and O–H groups in total. The third-order valence-corrected chi connectivity index (χ3v) is 3.98. The van der Waals surface area contributed by atoms with Gasteiger partial charge in [0.1, 0.15) is 17.5 Å². The zero-order chi connectivity index (χ0) is 19.4. The van der Waals surface area contributed by atoms with Gasteiger partial charge in [0.2, 0.25) is 0 Å². The second-order valence-electron chi connectivity index (χ2n) is 5.61. The molecule has 0 aliphatic carbocycles. The highest BCUT2D eigenvalue weighted by Gasteiger charge is 2.30. The van der Waals surface area contributed by atoms with Crippen molar-refractivity contribution < 1.29 is 27.4 Å². The highest BCUT2D eigenvalue weighted by atomic mass is 35.5. The highest BCUT2D eigenvalue weighted by molar-refractivity contribution is 6.30. The Morgan fingerprint density at radius 1 is 1.07 bits per heavy atom. The molecule has 0 radical (unpaired) electrons. The minimum absolute atomic E-state index is 0.0767. The maximum atomic E-state index is 12.7. The van der Waals surface area contributed by atoms with E-state index in [-0.39, 0.29) is 17.5 Å². The fourth-order valence-electron chi connectivity index (χ4n) is 2.34. The fraction of sp³-hybridized carbons (Fsp3) is 0.158. The first-order valence-electron chi connectivity index (χ1n) is 7.83. The van der Waals surface area contributed by atoms with Crippen molar-refractivity contribution in [3.8, 4) is 5.75 Å². The number of ether oxygens (including phenoxy) is 2. The van der Waals surface area contributed by atoms with Gasteiger partial charge in [-0.2, -0.15) is 13.2 Å². The van der Waals surface area contributed by atoms with Crippen LogP contribution in [-0.4, -0.2) is 17.6 Å². The van der Waals surface area contributed by atoms with Crippen LogP contribution in [0.3, 0.4) is 0 Å². The number of para-hydroxylation sites is 1. The summed E-state index contributed by atoms with van der Waals surface area (Å²) in [5.41, 5.74) is 0.371. The van der Waals surface area contributed by atoms with Crippen LogP contribution < -0.4 is 4.74 Å². The molecule has 8 heteroatoms. The van der Waals surface area contributed by atoms with Gasteiger partial charge in [-0.05, 0) is 30.3 Å². The number of nitrogens with zero attached hydrogens (tertiary/aromatic N) is 1. The van der Waals surface area contributed by atoms with Crippen LogP contribution in [0.4, 0.5) is 13.2 Å². The van der Waals surface area contributed by atoms with E-state index < -0.39 is 24.3 Å². The van der Waals surface area contributed by atoms with Gasteiger partial charge in [0.15, 0.2) is 6.61 Å². The van der Waals surface area contributed by atoms with Crippen LogP contribution in [0, 0.1) is 0 Å². The van der Waals surface area contributed by atoms with Crippen molar-refractivity contribution in [3.63, 3.8) is 0 Å². The summed E-state index contributed by atoms with van der Waals surface area (Å²) in [5, 5.41) is 1.05. The van der Waals surface area contributed by atoms with Crippen molar-refractivity contribution in [1.29, 1.82) is 0 Å². The van der Waals surface area contributed by atoms with Gasteiger partial charge in [0.25, 0.3) is 0 Å². The van der Waals surface area contributed by atoms with Crippen molar-refractivity contribution in [3.05, 3.63) is 70.9 Å². The second kappa shape index (κ2) is 7.84. The number of pyridine rings is 1. The molecule has 0 unspecified atom stereocenters. The largest absolute Gasteiger partial charge is 0.482 e. The van der Waals surface area contributed by atoms with Crippen LogP contribution in [-0.2, 0) is 22.3 Å². The molecule has 0 saturated heterocycles. The third kappa shape index (κ3) is 4.89. The third-order valence-electron chi connectivity index (χ3n) is 3.66. The van der Waals surface area contributed by atoms with Gasteiger partial charge in [0.05, 0.1) is 11.1 Å². The summed E-state index contributed by atoms with van der Waals surface area (Å²) in [6, 6.07) is 13.3. The summed E-state index contributed by atoms with van der Waals surface area (Å²) in [6.45, 7) is -0.651. The predicted molar refractivity (Wildman–Crippen MR) is 93.5 cm³/mol. The number of rotatable bonds is 5. The van der Waals surface area contributed by atoms with Crippen molar-refractivity contribution in [1.82, 2.24) is 4.98 Å². The monoisotopic (exact) mass is 395 g/mol. The molecule has 0 aliphatic rings. The van der Waals surface area contributed by atoms with Gasteiger partial charge in [0, 0.05) is 10.9 Å². The van der Waals surface area contributed by atoms with Crippen molar-refractivity contribution in [2.24, 2.45) is 0 Å². The average Bonchev–Trinajstić information content (AvgIpc) is 2.64. The number of carbonyl (C=O) groups excluding carboxylic acids is 1. The lowest BCUT2D eigenvalue weighted by molar-refractivity contribution is -0.147. The minimum Gasteiger partial charge on any atom is -0.482 e. The first-order chi connectivity index (χ1) is 12.8. The van der Waals surface area contributed by atoms with Gasteiger partial charge >= 0.3 is 12.1 Å². The zero-order valence-corrected chi connectivity index (χ0v) is 14.6. The van der Waals surface area contributed by atoms with Gasteiger partial charge in [-0.25, -0.2) is 9.78 Å². The van der Waals surface area contributed by atoms with Crippen LogP contribution in [0.1, 0.15) is 11.1 Å². The zero-order valence-electron chi connectivity index (χ0n) is 13.8. The van der Waals surface area contributed by atoms with Crippen LogP contribution in [0.5, 0.6) is 5.75 Å². The fourth-order valence-corrected chi connectivity index (χ4v) is 2.54. The molecule has 1 aromatic heterocycles. The summed E-state index contributed by atoms with van der Waals surface area (Å²) >= 11 is 6.08. The molecule has 0 saturated carbocycles. The molecule has 0 atom stereocenters. The van der Waals surface area contributed by atoms with E-state index in [2.05, 4.69) is 4.98 Å². The summed E-state index contributed by atoms with van der Waals surface area (Å²) in [4.78, 5) is 16.0. The lowest BCUT2D eigenvalue weighted by atomic mass is 10.2. The Bertz CT molecular complexity index is 976. The van der Waals surface area contributed by atoms with Crippen LogP contribution in [0.15, 0.2) is 54.6 Å². The summed E-state index contributed by atoms with van der Waals surface area (Å²) < 4.78 is 48.1. The Hall–Kier alpha value is -2.80. The van der Waals surface area contributed by atoms with E-state index in [0.717, 1.165) is 17.5 Å². The highest BCUT2D eigenvalue weighted by Crippen LogP contribution is 2.31. The van der Waals surface area contributed by atoms with Crippen molar-refractivity contribution >= 4 is 28.5 Å². The Morgan fingerprint density at radius 2 is 1.85 bits per heavy atom. The molecule has 1 heterocycles. The summed E-state index contributed by atoms with van der Waals surface area (Å²) in [5.74, 6) is -0.816. The molecule has 0 aliphatic heterocycles. The number of hydrogen-bond donors (Lipinski definition) is 0. The van der Waals surface area contributed by atoms with E-state index in [4.69, 9.17) is 21.1 Å². The normalized spacial score (nSPS) is 11.4. The summed E-state index contributed by atoms with van der Waals surface area (Å²) in [6.07, 6.45) is -4.49. The molecule has 140 valence electrons. The molecule has 3 aromatic rings. The smallest absolute Gasteiger partial charge is 0.416 e. The number of fused-ring (bicyclic) bond motifs is 1. The van der Waals surface area contributed by atoms with Gasteiger partial charge in [-0.15, -0.1) is 0 Å². The predicted octanol–water partition coefficient (Wildman–Crippen LogP) is 5.03. The Morgan fingerprint density at radius 3 is 2.63 bits per heavy atom. The van der Waals surface area contributed by atoms with Crippen molar-refractivity contribution in [2.45, 2.75) is 12.8 Å². The van der Waals surface area contributed by atoms with Crippen LogP contribution in [0.25, 0.3) is 10.9 Å². The standard InChI is InChI=1S/C19H13ClF3NO3/c20-18-13(8-12-4-1-2-7-16(12)24-18)10-27-17(25)11-26-15-6-3-5-14(9-15)19(21,22)23/h1-9H,10-11H2. The second-order valence-corrected chi connectivity index (χ2v) is 5.96. The molecular weight excluding hydrogens is 383 g/mol. The molecule has 2 aromatic carbocycles. The first kappa shape index (κ1) is 19.0. The molecule has 0 fully saturated rings. The number of benzene rings is 2. The number of hydrogen-bond acceptors (Lipinski definition) is 4. The first-order valence-corrected chi connectivity index (χ1v) is 8.20. The van der Waals surface area contributed by atoms with Crippen LogP contribution >= 0.6 is 11.6 Å². The van der Waals surface area contributed by atoms with Gasteiger partial charge in [-0.3, -0.25) is 0 Å². The number of halogens is 4. The molecule has 0 amide bonds. The Kier molecular flexibility index (Phi) is 5.51. The lowest BCUT2D eigenvalue weighted by Crippen LogP contribution is -2.15. The van der Waals surface area contributed by atoms with Crippen molar-refractivity contribution in [2.75, 3.05) is 6.61 Å².